The lowest BCUT2D eigenvalue weighted by Crippen LogP contribution is -2.07. The summed E-state index contributed by atoms with van der Waals surface area (Å²) in [5, 5.41) is 6.63. The molecule has 0 saturated carbocycles. The third-order valence-electron chi connectivity index (χ3n) is 3.73. The second-order valence-corrected chi connectivity index (χ2v) is 6.27. The van der Waals surface area contributed by atoms with Crippen LogP contribution in [-0.4, -0.2) is 22.6 Å². The average molecular weight is 348 g/mol. The minimum absolute atomic E-state index is 0.167. The van der Waals surface area contributed by atoms with Crippen LogP contribution in [0.1, 0.15) is 19.4 Å². The van der Waals surface area contributed by atoms with Crippen LogP contribution in [0.5, 0.6) is 5.75 Å². The maximum absolute atomic E-state index is 5.66. The fourth-order valence-electron chi connectivity index (χ4n) is 2.54. The molecule has 0 saturated heterocycles. The number of hydrogen-bond donors (Lipinski definition) is 2. The van der Waals surface area contributed by atoms with E-state index < -0.39 is 0 Å². The monoisotopic (exact) mass is 348 g/mol. The third kappa shape index (κ3) is 5.48. The Morgan fingerprint density at radius 2 is 1.65 bits per heavy atom. The van der Waals surface area contributed by atoms with Gasteiger partial charge in [-0.05, 0) is 50.1 Å². The normalized spacial score (nSPS) is 10.6. The van der Waals surface area contributed by atoms with Gasteiger partial charge in [0.05, 0.1) is 6.10 Å². The number of rotatable bonds is 8. The predicted octanol–water partition coefficient (Wildman–Crippen LogP) is 4.66. The van der Waals surface area contributed by atoms with E-state index in [4.69, 9.17) is 4.74 Å². The second-order valence-electron chi connectivity index (χ2n) is 6.27. The molecule has 5 heteroatoms. The van der Waals surface area contributed by atoms with Gasteiger partial charge in [-0.2, -0.15) is 0 Å². The van der Waals surface area contributed by atoms with Crippen LogP contribution >= 0.6 is 0 Å². The molecule has 2 aromatic carbocycles. The first kappa shape index (κ1) is 17.7. The van der Waals surface area contributed by atoms with E-state index >= 15 is 0 Å². The maximum Gasteiger partial charge on any atom is 0.135 e. The van der Waals surface area contributed by atoms with E-state index in [2.05, 4.69) is 44.9 Å². The lowest BCUT2D eigenvalue weighted by Gasteiger charge is -2.11. The molecule has 0 atom stereocenters. The number of aromatic nitrogens is 2. The third-order valence-corrected chi connectivity index (χ3v) is 3.73. The Labute approximate surface area is 154 Å². The first-order valence-corrected chi connectivity index (χ1v) is 8.82. The summed E-state index contributed by atoms with van der Waals surface area (Å²) in [7, 11) is 0. The van der Waals surface area contributed by atoms with Gasteiger partial charge in [-0.3, -0.25) is 0 Å². The van der Waals surface area contributed by atoms with Crippen LogP contribution in [0, 0.1) is 0 Å². The van der Waals surface area contributed by atoms with E-state index in [1.807, 2.05) is 50.2 Å². The molecule has 0 aliphatic rings. The molecule has 0 unspecified atom stereocenters. The van der Waals surface area contributed by atoms with Crippen molar-refractivity contribution in [3.8, 4) is 5.75 Å². The van der Waals surface area contributed by atoms with E-state index in [0.29, 0.717) is 0 Å². The number of nitrogens with one attached hydrogen (secondary N) is 2. The highest BCUT2D eigenvalue weighted by Gasteiger charge is 2.02. The Morgan fingerprint density at radius 3 is 2.38 bits per heavy atom. The summed E-state index contributed by atoms with van der Waals surface area (Å²) in [6.45, 7) is 4.85. The lowest BCUT2D eigenvalue weighted by molar-refractivity contribution is 0.242. The van der Waals surface area contributed by atoms with Crippen molar-refractivity contribution in [2.75, 3.05) is 17.2 Å². The molecule has 5 nitrogen and oxygen atoms in total. The van der Waals surface area contributed by atoms with Crippen molar-refractivity contribution in [2.45, 2.75) is 26.4 Å². The Balaban J connectivity index is 1.55. The van der Waals surface area contributed by atoms with Crippen molar-refractivity contribution in [1.82, 2.24) is 9.97 Å². The fourth-order valence-corrected chi connectivity index (χ4v) is 2.54. The van der Waals surface area contributed by atoms with Crippen LogP contribution in [0.4, 0.5) is 17.3 Å². The van der Waals surface area contributed by atoms with Crippen molar-refractivity contribution in [1.29, 1.82) is 0 Å². The number of anilines is 3. The van der Waals surface area contributed by atoms with Crippen LogP contribution in [0.25, 0.3) is 0 Å². The first-order chi connectivity index (χ1) is 12.7. The molecule has 3 aromatic rings. The van der Waals surface area contributed by atoms with Gasteiger partial charge in [-0.25, -0.2) is 9.97 Å². The summed E-state index contributed by atoms with van der Waals surface area (Å²) in [4.78, 5) is 8.56. The van der Waals surface area contributed by atoms with E-state index in [1.54, 1.807) is 6.33 Å². The molecule has 0 bridgehead atoms. The van der Waals surface area contributed by atoms with Crippen LogP contribution in [0.15, 0.2) is 67.0 Å². The molecule has 0 aliphatic heterocycles. The molecule has 1 aromatic heterocycles. The molecule has 0 radical (unpaired) electrons. The highest BCUT2D eigenvalue weighted by Crippen LogP contribution is 2.20. The minimum Gasteiger partial charge on any atom is -0.491 e. The molecular formula is C21H24N4O. The van der Waals surface area contributed by atoms with Crippen LogP contribution in [0.3, 0.4) is 0 Å². The summed E-state index contributed by atoms with van der Waals surface area (Å²) in [6.07, 6.45) is 2.68. The zero-order valence-corrected chi connectivity index (χ0v) is 15.1. The molecule has 0 aliphatic carbocycles. The van der Waals surface area contributed by atoms with Gasteiger partial charge in [-0.15, -0.1) is 0 Å². The molecule has 3 rings (SSSR count). The van der Waals surface area contributed by atoms with E-state index in [1.165, 1.54) is 5.56 Å². The zero-order valence-electron chi connectivity index (χ0n) is 15.1. The van der Waals surface area contributed by atoms with E-state index in [9.17, 15) is 0 Å². The van der Waals surface area contributed by atoms with Crippen LogP contribution in [-0.2, 0) is 6.42 Å². The fraction of sp³-hybridized carbons (Fsp3) is 0.238. The first-order valence-electron chi connectivity index (χ1n) is 8.82. The number of ether oxygens (including phenoxy) is 1. The second kappa shape index (κ2) is 8.85. The largest absolute Gasteiger partial charge is 0.491 e. The zero-order chi connectivity index (χ0) is 18.2. The van der Waals surface area contributed by atoms with Gasteiger partial charge in [0, 0.05) is 18.3 Å². The molecule has 134 valence electrons. The number of hydrogen-bond acceptors (Lipinski definition) is 5. The van der Waals surface area contributed by atoms with Crippen LogP contribution in [0.2, 0.25) is 0 Å². The number of nitrogens with zero attached hydrogens (tertiary/aromatic N) is 2. The minimum atomic E-state index is 0.167. The smallest absolute Gasteiger partial charge is 0.135 e. The van der Waals surface area contributed by atoms with Crippen molar-refractivity contribution < 1.29 is 4.74 Å². The van der Waals surface area contributed by atoms with Crippen molar-refractivity contribution >= 4 is 17.3 Å². The van der Waals surface area contributed by atoms with Gasteiger partial charge in [0.25, 0.3) is 0 Å². The summed E-state index contributed by atoms with van der Waals surface area (Å²) in [5.74, 6) is 2.41. The Kier molecular flexibility index (Phi) is 6.04. The highest BCUT2D eigenvalue weighted by atomic mass is 16.5. The summed E-state index contributed by atoms with van der Waals surface area (Å²) < 4.78 is 5.66. The average Bonchev–Trinajstić information content (AvgIpc) is 2.64. The topological polar surface area (TPSA) is 59.1 Å². The summed E-state index contributed by atoms with van der Waals surface area (Å²) in [5.41, 5.74) is 2.26. The van der Waals surface area contributed by atoms with Crippen molar-refractivity contribution in [3.63, 3.8) is 0 Å². The lowest BCUT2D eigenvalue weighted by atomic mass is 10.1. The SMILES string of the molecule is CC(C)Oc1ccc(Nc2cc(NCCc3ccccc3)ncn2)cc1. The van der Waals surface area contributed by atoms with Gasteiger partial charge >= 0.3 is 0 Å². The van der Waals surface area contributed by atoms with E-state index in [-0.39, 0.29) is 6.10 Å². The maximum atomic E-state index is 5.66. The van der Waals surface area contributed by atoms with Crippen LogP contribution < -0.4 is 15.4 Å². The van der Waals surface area contributed by atoms with E-state index in [0.717, 1.165) is 36.0 Å². The molecule has 1 heterocycles. The van der Waals surface area contributed by atoms with Crippen molar-refractivity contribution in [3.05, 3.63) is 72.6 Å². The van der Waals surface area contributed by atoms with Gasteiger partial charge < -0.3 is 15.4 Å². The Morgan fingerprint density at radius 1 is 0.923 bits per heavy atom. The number of benzene rings is 2. The summed E-state index contributed by atoms with van der Waals surface area (Å²) in [6, 6.07) is 20.1. The quantitative estimate of drug-likeness (QED) is 0.620. The molecule has 0 amide bonds. The Hall–Kier alpha value is -3.08. The molecule has 0 spiro atoms. The predicted molar refractivity (Wildman–Crippen MR) is 106 cm³/mol. The Bertz CT molecular complexity index is 804. The van der Waals surface area contributed by atoms with Gasteiger partial charge in [0.1, 0.15) is 23.7 Å². The standard InChI is InChI=1S/C21H24N4O/c1-16(2)26-19-10-8-18(9-11-19)25-21-14-20(23-15-24-21)22-13-12-17-6-4-3-5-7-17/h3-11,14-16H,12-13H2,1-2H3,(H2,22,23,24,25). The highest BCUT2D eigenvalue weighted by molar-refractivity contribution is 5.59. The summed E-state index contributed by atoms with van der Waals surface area (Å²) >= 11 is 0. The van der Waals surface area contributed by atoms with Gasteiger partial charge in [0.2, 0.25) is 0 Å². The molecule has 2 N–H and O–H groups in total. The molecule has 0 fully saturated rings. The molecule has 26 heavy (non-hydrogen) atoms. The molecular weight excluding hydrogens is 324 g/mol. The van der Waals surface area contributed by atoms with Gasteiger partial charge in [0.15, 0.2) is 0 Å². The van der Waals surface area contributed by atoms with Crippen molar-refractivity contribution in [2.24, 2.45) is 0 Å². The van der Waals surface area contributed by atoms with Gasteiger partial charge in [-0.1, -0.05) is 30.3 Å².